The maximum atomic E-state index is 10.2. The monoisotopic (exact) mass is 686 g/mol. The second kappa shape index (κ2) is 25.4. The van der Waals surface area contributed by atoms with Crippen LogP contribution in [0.2, 0.25) is 0 Å². The molecule has 2 aliphatic heterocycles. The van der Waals surface area contributed by atoms with Gasteiger partial charge in [0.1, 0.15) is 42.7 Å². The summed E-state index contributed by atoms with van der Waals surface area (Å²) in [5.41, 5.74) is 0. The molecule has 0 amide bonds. The van der Waals surface area contributed by atoms with Crippen molar-refractivity contribution in [3.63, 3.8) is 0 Å². The van der Waals surface area contributed by atoms with Gasteiger partial charge in [0.25, 0.3) is 0 Å². The zero-order valence-corrected chi connectivity index (χ0v) is 27.9. The van der Waals surface area contributed by atoms with Gasteiger partial charge in [-0.1, -0.05) is 64.7 Å². The molecular weight excluding hydrogens is 624 g/mol. The summed E-state index contributed by atoms with van der Waals surface area (Å²) in [5, 5.41) is 78.6. The Hall–Kier alpha value is -0.600. The normalized spacial score (nSPS) is 32.1. The minimum absolute atomic E-state index is 0.00530. The van der Waals surface area contributed by atoms with Crippen molar-refractivity contribution in [1.82, 2.24) is 0 Å². The molecule has 11 unspecified atom stereocenters. The van der Waals surface area contributed by atoms with Crippen molar-refractivity contribution in [3.8, 4) is 0 Å². The number of aliphatic hydroxyl groups excluding tert-OH is 8. The van der Waals surface area contributed by atoms with Crippen LogP contribution >= 0.6 is 0 Å². The summed E-state index contributed by atoms with van der Waals surface area (Å²) < 4.78 is 39.5. The fourth-order valence-corrected chi connectivity index (χ4v) is 5.56. The van der Waals surface area contributed by atoms with Crippen LogP contribution in [-0.4, -0.2) is 168 Å². The van der Waals surface area contributed by atoms with E-state index in [0.29, 0.717) is 6.61 Å². The third kappa shape index (κ3) is 15.4. The van der Waals surface area contributed by atoms with Crippen molar-refractivity contribution >= 4 is 0 Å². The van der Waals surface area contributed by atoms with Crippen LogP contribution in [0, 0.1) is 5.92 Å². The number of hydrogen-bond acceptors (Lipinski definition) is 15. The van der Waals surface area contributed by atoms with Crippen molar-refractivity contribution in [2.45, 2.75) is 133 Å². The van der Waals surface area contributed by atoms with Crippen molar-refractivity contribution in [2.24, 2.45) is 5.92 Å². The quantitative estimate of drug-likeness (QED) is 0.0496. The van der Waals surface area contributed by atoms with Gasteiger partial charge < -0.3 is 74.0 Å². The van der Waals surface area contributed by atoms with Gasteiger partial charge in [0.2, 0.25) is 0 Å². The highest BCUT2D eigenvalue weighted by Crippen LogP contribution is 2.27. The Morgan fingerprint density at radius 1 is 0.511 bits per heavy atom. The molecule has 15 nitrogen and oxygen atoms in total. The minimum atomic E-state index is -1.52. The van der Waals surface area contributed by atoms with Gasteiger partial charge in [-0.25, -0.2) is 0 Å². The van der Waals surface area contributed by atoms with Gasteiger partial charge in [-0.05, 0) is 6.42 Å². The Labute approximate surface area is 278 Å². The van der Waals surface area contributed by atoms with E-state index in [1.165, 1.54) is 44.9 Å². The van der Waals surface area contributed by atoms with Crippen LogP contribution in [0.5, 0.6) is 0 Å². The Balaban J connectivity index is 1.72. The summed E-state index contributed by atoms with van der Waals surface area (Å²) in [5.74, 6) is -0.886. The largest absolute Gasteiger partial charge is 0.396 e. The number of unbranched alkanes of at least 4 members (excludes halogenated alkanes) is 9. The fourth-order valence-electron chi connectivity index (χ4n) is 5.56. The standard InChI is InChI=1S/C32H62O15/c1-2-3-4-5-6-7-8-9-10-11-12-43-22(21-42-14-16-45-32-30(40)29(39)28(38)25(19-35)47-32)20-41-13-15-44-31-23(17-33)26(36)27(37)24(18-34)46-31/h22-40H,2-21H2,1H3. The SMILES string of the molecule is CCCCCCCCCCCCOC(COCCOC1OC(CO)C(O)C(O)C1O)COCCOC1OC(CO)C(O)C(O)C1CO. The first-order valence-corrected chi connectivity index (χ1v) is 17.3. The third-order valence-electron chi connectivity index (χ3n) is 8.55. The summed E-state index contributed by atoms with van der Waals surface area (Å²) in [7, 11) is 0. The van der Waals surface area contributed by atoms with Gasteiger partial charge in [-0.2, -0.15) is 0 Å². The molecule has 0 spiro atoms. The molecule has 8 N–H and O–H groups in total. The second-order valence-electron chi connectivity index (χ2n) is 12.3. The van der Waals surface area contributed by atoms with Crippen molar-refractivity contribution in [2.75, 3.05) is 66.1 Å². The molecule has 0 aromatic heterocycles. The smallest absolute Gasteiger partial charge is 0.186 e. The zero-order valence-electron chi connectivity index (χ0n) is 27.9. The van der Waals surface area contributed by atoms with Gasteiger partial charge in [0.05, 0.1) is 71.5 Å². The molecule has 2 fully saturated rings. The van der Waals surface area contributed by atoms with E-state index in [0.717, 1.165) is 19.3 Å². The van der Waals surface area contributed by atoms with Crippen LogP contribution in [0.15, 0.2) is 0 Å². The van der Waals surface area contributed by atoms with E-state index in [1.807, 2.05) is 0 Å². The average Bonchev–Trinajstić information content (AvgIpc) is 3.07. The molecule has 2 heterocycles. The predicted molar refractivity (Wildman–Crippen MR) is 167 cm³/mol. The van der Waals surface area contributed by atoms with Gasteiger partial charge in [0, 0.05) is 6.61 Å². The molecule has 0 aromatic carbocycles. The van der Waals surface area contributed by atoms with Crippen LogP contribution in [0.25, 0.3) is 0 Å². The minimum Gasteiger partial charge on any atom is -0.396 e. The topological polar surface area (TPSA) is 226 Å². The maximum Gasteiger partial charge on any atom is 0.186 e. The number of aliphatic hydroxyl groups is 8. The molecule has 0 bridgehead atoms. The van der Waals surface area contributed by atoms with E-state index in [-0.39, 0.29) is 39.6 Å². The molecule has 280 valence electrons. The number of rotatable bonds is 27. The highest BCUT2D eigenvalue weighted by atomic mass is 16.7. The summed E-state index contributed by atoms with van der Waals surface area (Å²) in [6.07, 6.45) is 0.144. The molecule has 2 aliphatic rings. The Morgan fingerprint density at radius 3 is 1.53 bits per heavy atom. The van der Waals surface area contributed by atoms with Crippen molar-refractivity contribution < 1.29 is 74.0 Å². The van der Waals surface area contributed by atoms with E-state index >= 15 is 0 Å². The van der Waals surface area contributed by atoms with Gasteiger partial charge in [-0.3, -0.25) is 0 Å². The van der Waals surface area contributed by atoms with Crippen LogP contribution < -0.4 is 0 Å². The highest BCUT2D eigenvalue weighted by Gasteiger charge is 2.45. The fraction of sp³-hybridized carbons (Fsp3) is 1.00. The highest BCUT2D eigenvalue weighted by molar-refractivity contribution is 4.89. The maximum absolute atomic E-state index is 10.2. The number of hydrogen-bond donors (Lipinski definition) is 8. The average molecular weight is 687 g/mol. The van der Waals surface area contributed by atoms with Crippen LogP contribution in [0.4, 0.5) is 0 Å². The van der Waals surface area contributed by atoms with E-state index in [2.05, 4.69) is 6.92 Å². The Bertz CT molecular complexity index is 749. The van der Waals surface area contributed by atoms with Crippen molar-refractivity contribution in [3.05, 3.63) is 0 Å². The Kier molecular flexibility index (Phi) is 23.0. The molecule has 2 rings (SSSR count). The molecule has 0 aliphatic carbocycles. The lowest BCUT2D eigenvalue weighted by Gasteiger charge is -2.41. The summed E-state index contributed by atoms with van der Waals surface area (Å²) in [6, 6.07) is 0. The third-order valence-corrected chi connectivity index (χ3v) is 8.55. The summed E-state index contributed by atoms with van der Waals surface area (Å²) in [4.78, 5) is 0. The van der Waals surface area contributed by atoms with E-state index in [9.17, 15) is 40.9 Å². The molecule has 11 atom stereocenters. The van der Waals surface area contributed by atoms with Crippen LogP contribution in [0.1, 0.15) is 71.1 Å². The molecule has 0 radical (unpaired) electrons. The molecule has 15 heteroatoms. The molecule has 2 saturated heterocycles. The summed E-state index contributed by atoms with van der Waals surface area (Å²) >= 11 is 0. The first kappa shape index (κ1) is 42.6. The van der Waals surface area contributed by atoms with Gasteiger partial charge in [-0.15, -0.1) is 0 Å². The summed E-state index contributed by atoms with van der Waals surface area (Å²) in [6.45, 7) is 1.88. The van der Waals surface area contributed by atoms with Crippen LogP contribution in [-0.2, 0) is 33.2 Å². The second-order valence-corrected chi connectivity index (χ2v) is 12.3. The van der Waals surface area contributed by atoms with Gasteiger partial charge in [0.15, 0.2) is 12.6 Å². The molecule has 47 heavy (non-hydrogen) atoms. The van der Waals surface area contributed by atoms with E-state index < -0.39 is 87.2 Å². The van der Waals surface area contributed by atoms with Crippen LogP contribution in [0.3, 0.4) is 0 Å². The Morgan fingerprint density at radius 2 is 1.00 bits per heavy atom. The predicted octanol–water partition coefficient (Wildman–Crippen LogP) is -0.794. The molecule has 0 aromatic rings. The molecule has 0 saturated carbocycles. The lowest BCUT2D eigenvalue weighted by molar-refractivity contribution is -0.302. The first-order valence-electron chi connectivity index (χ1n) is 17.3. The van der Waals surface area contributed by atoms with Gasteiger partial charge >= 0.3 is 0 Å². The van der Waals surface area contributed by atoms with E-state index in [1.54, 1.807) is 0 Å². The van der Waals surface area contributed by atoms with E-state index in [4.69, 9.17) is 33.2 Å². The lowest BCUT2D eigenvalue weighted by Crippen LogP contribution is -2.59. The number of ether oxygens (including phenoxy) is 7. The molecular formula is C32H62O15. The van der Waals surface area contributed by atoms with Crippen molar-refractivity contribution in [1.29, 1.82) is 0 Å². The zero-order chi connectivity index (χ0) is 34.4. The first-order chi connectivity index (χ1) is 22.8. The lowest BCUT2D eigenvalue weighted by atomic mass is 9.91.